The van der Waals surface area contributed by atoms with Gasteiger partial charge in [-0.25, -0.2) is 0 Å². The number of fused-ring (bicyclic) bond motifs is 1. The molecule has 3 rings (SSSR count). The molecule has 3 unspecified atom stereocenters. The largest absolute Gasteiger partial charge is 0.383 e. The lowest BCUT2D eigenvalue weighted by molar-refractivity contribution is -0.0699. The first-order valence-corrected chi connectivity index (χ1v) is 8.27. The average molecular weight is 266 g/mol. The fraction of sp³-hybridized carbons (Fsp3) is 1.00. The SMILES string of the molecule is COCC(CN)(C1CC1)N1CCCC2CCCCC21. The van der Waals surface area contributed by atoms with Gasteiger partial charge in [0.05, 0.1) is 12.1 Å². The summed E-state index contributed by atoms with van der Waals surface area (Å²) in [5, 5.41) is 0. The molecule has 110 valence electrons. The average Bonchev–Trinajstić information content (AvgIpc) is 3.29. The minimum Gasteiger partial charge on any atom is -0.383 e. The van der Waals surface area contributed by atoms with Crippen LogP contribution in [0.5, 0.6) is 0 Å². The van der Waals surface area contributed by atoms with Crippen molar-refractivity contribution in [3.63, 3.8) is 0 Å². The van der Waals surface area contributed by atoms with Crippen LogP contribution < -0.4 is 5.73 Å². The second-order valence-electron chi connectivity index (χ2n) is 6.96. The highest BCUT2D eigenvalue weighted by atomic mass is 16.5. The lowest BCUT2D eigenvalue weighted by atomic mass is 9.75. The maximum absolute atomic E-state index is 6.27. The zero-order valence-corrected chi connectivity index (χ0v) is 12.4. The number of hydrogen-bond acceptors (Lipinski definition) is 3. The fourth-order valence-electron chi connectivity index (χ4n) is 4.83. The monoisotopic (exact) mass is 266 g/mol. The number of likely N-dealkylation sites (tertiary alicyclic amines) is 1. The number of piperidine rings is 1. The summed E-state index contributed by atoms with van der Waals surface area (Å²) in [4.78, 5) is 2.81. The van der Waals surface area contributed by atoms with Crippen LogP contribution in [0.15, 0.2) is 0 Å². The summed E-state index contributed by atoms with van der Waals surface area (Å²) in [6.07, 6.45) is 11.2. The third kappa shape index (κ3) is 2.45. The molecular weight excluding hydrogens is 236 g/mol. The Balaban J connectivity index is 1.83. The number of rotatable bonds is 5. The molecule has 0 aromatic rings. The van der Waals surface area contributed by atoms with Crippen LogP contribution in [0.4, 0.5) is 0 Å². The van der Waals surface area contributed by atoms with Gasteiger partial charge in [-0.3, -0.25) is 4.90 Å². The van der Waals surface area contributed by atoms with Crippen molar-refractivity contribution < 1.29 is 4.74 Å². The van der Waals surface area contributed by atoms with E-state index in [1.54, 1.807) is 0 Å². The van der Waals surface area contributed by atoms with Crippen LogP contribution in [0.25, 0.3) is 0 Å². The minimum atomic E-state index is 0.148. The molecule has 19 heavy (non-hydrogen) atoms. The van der Waals surface area contributed by atoms with Crippen LogP contribution in [-0.4, -0.2) is 43.3 Å². The van der Waals surface area contributed by atoms with Crippen LogP contribution in [0.3, 0.4) is 0 Å². The second kappa shape index (κ2) is 5.71. The lowest BCUT2D eigenvalue weighted by Gasteiger charge is -2.54. The van der Waals surface area contributed by atoms with Crippen LogP contribution in [-0.2, 0) is 4.74 Å². The molecule has 0 spiro atoms. The molecule has 0 radical (unpaired) electrons. The first kappa shape index (κ1) is 13.8. The summed E-state index contributed by atoms with van der Waals surface area (Å²) in [5.74, 6) is 1.72. The van der Waals surface area contributed by atoms with Gasteiger partial charge >= 0.3 is 0 Å². The normalized spacial score (nSPS) is 35.7. The Hall–Kier alpha value is -0.120. The van der Waals surface area contributed by atoms with Crippen LogP contribution in [0.2, 0.25) is 0 Å². The molecule has 3 heteroatoms. The zero-order chi connectivity index (χ0) is 13.3. The van der Waals surface area contributed by atoms with Gasteiger partial charge in [0.1, 0.15) is 0 Å². The highest BCUT2D eigenvalue weighted by molar-refractivity contribution is 5.07. The van der Waals surface area contributed by atoms with Gasteiger partial charge in [0, 0.05) is 19.7 Å². The van der Waals surface area contributed by atoms with Crippen molar-refractivity contribution in [1.29, 1.82) is 0 Å². The molecule has 2 saturated carbocycles. The molecular formula is C16H30N2O. The zero-order valence-electron chi connectivity index (χ0n) is 12.4. The second-order valence-corrected chi connectivity index (χ2v) is 6.96. The van der Waals surface area contributed by atoms with Gasteiger partial charge in [0.2, 0.25) is 0 Å². The first-order valence-electron chi connectivity index (χ1n) is 8.27. The summed E-state index contributed by atoms with van der Waals surface area (Å²) < 4.78 is 5.61. The van der Waals surface area contributed by atoms with Crippen molar-refractivity contribution >= 4 is 0 Å². The van der Waals surface area contributed by atoms with Gasteiger partial charge in [-0.2, -0.15) is 0 Å². The Kier molecular flexibility index (Phi) is 4.16. The molecule has 2 aliphatic carbocycles. The summed E-state index contributed by atoms with van der Waals surface area (Å²) in [5.41, 5.74) is 6.41. The molecule has 0 aromatic carbocycles. The Labute approximate surface area is 117 Å². The smallest absolute Gasteiger partial charge is 0.0661 e. The molecule has 1 heterocycles. The molecule has 3 aliphatic rings. The fourth-order valence-corrected chi connectivity index (χ4v) is 4.83. The third-order valence-electron chi connectivity index (χ3n) is 5.90. The van der Waals surface area contributed by atoms with E-state index in [-0.39, 0.29) is 5.54 Å². The van der Waals surface area contributed by atoms with Gasteiger partial charge in [-0.05, 0) is 56.9 Å². The number of nitrogens with zero attached hydrogens (tertiary/aromatic N) is 1. The van der Waals surface area contributed by atoms with Crippen molar-refractivity contribution in [2.24, 2.45) is 17.6 Å². The number of nitrogens with two attached hydrogens (primary N) is 1. The first-order chi connectivity index (χ1) is 9.31. The molecule has 0 amide bonds. The highest BCUT2D eigenvalue weighted by Crippen LogP contribution is 2.47. The van der Waals surface area contributed by atoms with E-state index in [4.69, 9.17) is 10.5 Å². The highest BCUT2D eigenvalue weighted by Gasteiger charge is 2.52. The van der Waals surface area contributed by atoms with E-state index in [1.807, 2.05) is 7.11 Å². The summed E-state index contributed by atoms with van der Waals surface area (Å²) in [6, 6.07) is 0.793. The standard InChI is InChI=1S/C16H30N2O/c1-19-12-16(11-17,14-8-9-14)18-10-4-6-13-5-2-3-7-15(13)18/h13-15H,2-12,17H2,1H3. The molecule has 3 fully saturated rings. The lowest BCUT2D eigenvalue weighted by Crippen LogP contribution is -2.65. The Morgan fingerprint density at radius 2 is 1.84 bits per heavy atom. The number of methoxy groups -OCH3 is 1. The Morgan fingerprint density at radius 1 is 1.11 bits per heavy atom. The number of ether oxygens (including phenoxy) is 1. The molecule has 2 N–H and O–H groups in total. The van der Waals surface area contributed by atoms with E-state index in [9.17, 15) is 0 Å². The van der Waals surface area contributed by atoms with Crippen molar-refractivity contribution in [2.45, 2.75) is 62.9 Å². The minimum absolute atomic E-state index is 0.148. The molecule has 1 saturated heterocycles. The van der Waals surface area contributed by atoms with Gasteiger partial charge in [-0.1, -0.05) is 12.8 Å². The molecule has 0 aromatic heterocycles. The Morgan fingerprint density at radius 3 is 2.53 bits per heavy atom. The maximum atomic E-state index is 6.27. The van der Waals surface area contributed by atoms with E-state index < -0.39 is 0 Å². The van der Waals surface area contributed by atoms with Gasteiger partial charge in [0.25, 0.3) is 0 Å². The number of hydrogen-bond donors (Lipinski definition) is 1. The third-order valence-corrected chi connectivity index (χ3v) is 5.90. The predicted octanol–water partition coefficient (Wildman–Crippen LogP) is 2.39. The molecule has 3 atom stereocenters. The van der Waals surface area contributed by atoms with Gasteiger partial charge in [-0.15, -0.1) is 0 Å². The van der Waals surface area contributed by atoms with Crippen molar-refractivity contribution in [2.75, 3.05) is 26.8 Å². The molecule has 0 bridgehead atoms. The van der Waals surface area contributed by atoms with Crippen LogP contribution >= 0.6 is 0 Å². The Bertz CT molecular complexity index is 303. The van der Waals surface area contributed by atoms with Gasteiger partial charge in [0.15, 0.2) is 0 Å². The van der Waals surface area contributed by atoms with E-state index in [0.29, 0.717) is 0 Å². The van der Waals surface area contributed by atoms with E-state index in [1.165, 1.54) is 57.9 Å². The van der Waals surface area contributed by atoms with Crippen molar-refractivity contribution in [3.05, 3.63) is 0 Å². The summed E-state index contributed by atoms with van der Waals surface area (Å²) in [6.45, 7) is 2.85. The molecule has 3 nitrogen and oxygen atoms in total. The van der Waals surface area contributed by atoms with Gasteiger partial charge < -0.3 is 10.5 Å². The van der Waals surface area contributed by atoms with E-state index in [0.717, 1.165) is 31.0 Å². The van der Waals surface area contributed by atoms with Crippen LogP contribution in [0.1, 0.15) is 51.4 Å². The summed E-state index contributed by atoms with van der Waals surface area (Å²) >= 11 is 0. The van der Waals surface area contributed by atoms with E-state index in [2.05, 4.69) is 4.90 Å². The van der Waals surface area contributed by atoms with E-state index >= 15 is 0 Å². The predicted molar refractivity (Wildman–Crippen MR) is 78.1 cm³/mol. The summed E-state index contributed by atoms with van der Waals surface area (Å²) in [7, 11) is 1.84. The van der Waals surface area contributed by atoms with Crippen LogP contribution in [0, 0.1) is 11.8 Å². The quantitative estimate of drug-likeness (QED) is 0.830. The van der Waals surface area contributed by atoms with Crippen molar-refractivity contribution in [3.8, 4) is 0 Å². The topological polar surface area (TPSA) is 38.5 Å². The van der Waals surface area contributed by atoms with Crippen molar-refractivity contribution in [1.82, 2.24) is 4.90 Å². The molecule has 1 aliphatic heterocycles. The maximum Gasteiger partial charge on any atom is 0.0661 e.